The van der Waals surface area contributed by atoms with Crippen LogP contribution in [0.15, 0.2) is 35.3 Å². The highest BCUT2D eigenvalue weighted by Crippen LogP contribution is 2.30. The molecule has 0 atom stereocenters. The lowest BCUT2D eigenvalue weighted by Gasteiger charge is -2.11. The first-order chi connectivity index (χ1) is 8.58. The Bertz CT molecular complexity index is 563. The standard InChI is InChI=1S/C12H11BrN4O/c1-7-2-9(13)11(10(14)3-7)17-12(18)8-4-15-6-16-5-8/h2-6H,14H2,1H3,(H,17,18). The van der Waals surface area contributed by atoms with E-state index in [0.29, 0.717) is 16.9 Å². The second-order valence-electron chi connectivity index (χ2n) is 3.79. The molecule has 0 unspecified atom stereocenters. The Morgan fingerprint density at radius 1 is 1.33 bits per heavy atom. The van der Waals surface area contributed by atoms with Crippen molar-refractivity contribution < 1.29 is 4.79 Å². The van der Waals surface area contributed by atoms with Crippen LogP contribution in [0, 0.1) is 6.92 Å². The van der Waals surface area contributed by atoms with Gasteiger partial charge in [0.2, 0.25) is 0 Å². The average molecular weight is 307 g/mol. The zero-order chi connectivity index (χ0) is 13.1. The molecular formula is C12H11BrN4O. The maximum Gasteiger partial charge on any atom is 0.258 e. The Hall–Kier alpha value is -1.95. The molecule has 0 aliphatic rings. The van der Waals surface area contributed by atoms with E-state index in [4.69, 9.17) is 5.73 Å². The second kappa shape index (κ2) is 5.14. The van der Waals surface area contributed by atoms with Gasteiger partial charge in [0.1, 0.15) is 6.33 Å². The summed E-state index contributed by atoms with van der Waals surface area (Å²) in [6.07, 6.45) is 4.26. The van der Waals surface area contributed by atoms with E-state index in [1.807, 2.05) is 13.0 Å². The van der Waals surface area contributed by atoms with Crippen LogP contribution in [0.25, 0.3) is 0 Å². The van der Waals surface area contributed by atoms with Crippen LogP contribution >= 0.6 is 15.9 Å². The largest absolute Gasteiger partial charge is 0.397 e. The summed E-state index contributed by atoms with van der Waals surface area (Å²) in [6.45, 7) is 1.93. The molecule has 0 aliphatic carbocycles. The molecule has 0 saturated carbocycles. The van der Waals surface area contributed by atoms with E-state index in [2.05, 4.69) is 31.2 Å². The third kappa shape index (κ3) is 2.65. The minimum Gasteiger partial charge on any atom is -0.397 e. The van der Waals surface area contributed by atoms with Crippen molar-refractivity contribution in [3.05, 3.63) is 46.5 Å². The van der Waals surface area contributed by atoms with E-state index in [1.165, 1.54) is 18.7 Å². The number of nitrogens with two attached hydrogens (primary N) is 1. The number of rotatable bonds is 2. The number of nitrogens with zero attached hydrogens (tertiary/aromatic N) is 2. The summed E-state index contributed by atoms with van der Waals surface area (Å²) in [7, 11) is 0. The van der Waals surface area contributed by atoms with E-state index < -0.39 is 0 Å². The fourth-order valence-electron chi connectivity index (χ4n) is 1.50. The van der Waals surface area contributed by atoms with E-state index in [1.54, 1.807) is 6.07 Å². The van der Waals surface area contributed by atoms with Crippen molar-refractivity contribution in [3.63, 3.8) is 0 Å². The number of hydrogen-bond acceptors (Lipinski definition) is 4. The van der Waals surface area contributed by atoms with Crippen LogP contribution in [0.4, 0.5) is 11.4 Å². The predicted octanol–water partition coefficient (Wildman–Crippen LogP) is 2.38. The number of anilines is 2. The first-order valence-electron chi connectivity index (χ1n) is 5.20. The van der Waals surface area contributed by atoms with Gasteiger partial charge in [-0.25, -0.2) is 9.97 Å². The van der Waals surface area contributed by atoms with Crippen molar-refractivity contribution >= 4 is 33.2 Å². The first-order valence-corrected chi connectivity index (χ1v) is 5.99. The molecule has 0 bridgehead atoms. The third-order valence-corrected chi connectivity index (χ3v) is 2.95. The van der Waals surface area contributed by atoms with Crippen molar-refractivity contribution in [3.8, 4) is 0 Å². The number of nitrogen functional groups attached to an aromatic ring is 1. The van der Waals surface area contributed by atoms with Crippen LogP contribution < -0.4 is 11.1 Å². The number of aromatic nitrogens is 2. The van der Waals surface area contributed by atoms with Crippen molar-refractivity contribution in [2.75, 3.05) is 11.1 Å². The lowest BCUT2D eigenvalue weighted by atomic mass is 10.2. The number of halogens is 1. The molecule has 2 rings (SSSR count). The Morgan fingerprint density at radius 3 is 2.61 bits per heavy atom. The number of amides is 1. The maximum atomic E-state index is 11.9. The quantitative estimate of drug-likeness (QED) is 0.835. The zero-order valence-electron chi connectivity index (χ0n) is 9.64. The molecule has 1 heterocycles. The van der Waals surface area contributed by atoms with Gasteiger partial charge in [0.15, 0.2) is 0 Å². The van der Waals surface area contributed by atoms with Crippen LogP contribution in [-0.4, -0.2) is 15.9 Å². The zero-order valence-corrected chi connectivity index (χ0v) is 11.2. The summed E-state index contributed by atoms with van der Waals surface area (Å²) in [5.74, 6) is -0.299. The summed E-state index contributed by atoms with van der Waals surface area (Å²) in [5, 5.41) is 2.73. The van der Waals surface area contributed by atoms with Crippen molar-refractivity contribution in [2.45, 2.75) is 6.92 Å². The van der Waals surface area contributed by atoms with Gasteiger partial charge >= 0.3 is 0 Å². The number of carbonyl (C=O) groups is 1. The Kier molecular flexibility index (Phi) is 3.57. The lowest BCUT2D eigenvalue weighted by molar-refractivity contribution is 0.102. The van der Waals surface area contributed by atoms with Gasteiger partial charge < -0.3 is 11.1 Å². The molecule has 1 amide bonds. The van der Waals surface area contributed by atoms with E-state index in [0.717, 1.165) is 10.0 Å². The number of nitrogens with one attached hydrogen (secondary N) is 1. The highest BCUT2D eigenvalue weighted by molar-refractivity contribution is 9.10. The molecular weight excluding hydrogens is 296 g/mol. The van der Waals surface area contributed by atoms with E-state index in [-0.39, 0.29) is 5.91 Å². The van der Waals surface area contributed by atoms with Crippen LogP contribution in [0.2, 0.25) is 0 Å². The molecule has 5 nitrogen and oxygen atoms in total. The highest BCUT2D eigenvalue weighted by Gasteiger charge is 2.11. The summed E-state index contributed by atoms with van der Waals surface area (Å²) in [4.78, 5) is 19.5. The van der Waals surface area contributed by atoms with Gasteiger partial charge in [-0.1, -0.05) is 0 Å². The third-order valence-electron chi connectivity index (χ3n) is 2.33. The van der Waals surface area contributed by atoms with Crippen molar-refractivity contribution in [2.24, 2.45) is 0 Å². The van der Waals surface area contributed by atoms with E-state index in [9.17, 15) is 4.79 Å². The summed E-state index contributed by atoms with van der Waals surface area (Å²) < 4.78 is 0.741. The maximum absolute atomic E-state index is 11.9. The first kappa shape index (κ1) is 12.5. The summed E-state index contributed by atoms with van der Waals surface area (Å²) in [6, 6.07) is 3.68. The van der Waals surface area contributed by atoms with Crippen molar-refractivity contribution in [1.82, 2.24) is 9.97 Å². The average Bonchev–Trinajstić information content (AvgIpc) is 2.34. The van der Waals surface area contributed by atoms with Gasteiger partial charge in [-0.2, -0.15) is 0 Å². The summed E-state index contributed by atoms with van der Waals surface area (Å²) in [5.41, 5.74) is 8.32. The van der Waals surface area contributed by atoms with Gasteiger partial charge in [-0.3, -0.25) is 4.79 Å². The van der Waals surface area contributed by atoms with Crippen LogP contribution in [0.1, 0.15) is 15.9 Å². The van der Waals surface area contributed by atoms with Gasteiger partial charge in [0.05, 0.1) is 16.9 Å². The number of carbonyl (C=O) groups excluding carboxylic acids is 1. The molecule has 0 fully saturated rings. The molecule has 1 aromatic carbocycles. The highest BCUT2D eigenvalue weighted by atomic mass is 79.9. The molecule has 2 aromatic rings. The molecule has 0 spiro atoms. The molecule has 92 valence electrons. The Labute approximate surface area is 113 Å². The SMILES string of the molecule is Cc1cc(N)c(NC(=O)c2cncnc2)c(Br)c1. The second-order valence-corrected chi connectivity index (χ2v) is 4.65. The number of benzene rings is 1. The number of hydrogen-bond donors (Lipinski definition) is 2. The normalized spacial score (nSPS) is 10.1. The minimum atomic E-state index is -0.299. The van der Waals surface area contributed by atoms with E-state index >= 15 is 0 Å². The predicted molar refractivity (Wildman–Crippen MR) is 73.3 cm³/mol. The molecule has 0 radical (unpaired) electrons. The smallest absolute Gasteiger partial charge is 0.258 e. The molecule has 1 aromatic heterocycles. The fraction of sp³-hybridized carbons (Fsp3) is 0.0833. The molecule has 3 N–H and O–H groups in total. The number of aryl methyl sites for hydroxylation is 1. The van der Waals surface area contributed by atoms with Gasteiger partial charge in [-0.05, 0) is 40.5 Å². The molecule has 6 heteroatoms. The van der Waals surface area contributed by atoms with Crippen LogP contribution in [0.3, 0.4) is 0 Å². The monoisotopic (exact) mass is 306 g/mol. The topological polar surface area (TPSA) is 80.9 Å². The van der Waals surface area contributed by atoms with Gasteiger partial charge in [0.25, 0.3) is 5.91 Å². The lowest BCUT2D eigenvalue weighted by Crippen LogP contribution is -2.14. The minimum absolute atomic E-state index is 0.299. The fourth-order valence-corrected chi connectivity index (χ4v) is 2.19. The van der Waals surface area contributed by atoms with Gasteiger partial charge in [0, 0.05) is 16.9 Å². The Balaban J connectivity index is 2.28. The molecule has 0 saturated heterocycles. The summed E-state index contributed by atoms with van der Waals surface area (Å²) >= 11 is 3.37. The molecule has 18 heavy (non-hydrogen) atoms. The van der Waals surface area contributed by atoms with Crippen molar-refractivity contribution in [1.29, 1.82) is 0 Å². The Morgan fingerprint density at radius 2 is 2.00 bits per heavy atom. The molecule has 0 aliphatic heterocycles. The van der Waals surface area contributed by atoms with Crippen LogP contribution in [0.5, 0.6) is 0 Å². The van der Waals surface area contributed by atoms with Crippen LogP contribution in [-0.2, 0) is 0 Å². The van der Waals surface area contributed by atoms with Gasteiger partial charge in [-0.15, -0.1) is 0 Å².